The van der Waals surface area contributed by atoms with Crippen LogP contribution in [0.25, 0.3) is 51.1 Å². The average Bonchev–Trinajstić information content (AvgIpc) is 3.68. The summed E-state index contributed by atoms with van der Waals surface area (Å²) in [5.41, 5.74) is 14.3. The smallest absolute Gasteiger partial charge is 0.159 e. The lowest BCUT2D eigenvalue weighted by Crippen LogP contribution is -2.40. The van der Waals surface area contributed by atoms with E-state index in [9.17, 15) is 0 Å². The van der Waals surface area contributed by atoms with Crippen LogP contribution < -0.4 is 26.2 Å². The third-order valence-corrected chi connectivity index (χ3v) is 11.0. The molecule has 4 nitrogen and oxygen atoms in total. The highest BCUT2D eigenvalue weighted by Gasteiger charge is 2.29. The van der Waals surface area contributed by atoms with Crippen LogP contribution in [0.4, 0.5) is 17.1 Å². The Morgan fingerprint density at radius 2 is 1.02 bits per heavy atom. The minimum atomic E-state index is -0.183. The molecule has 0 radical (unpaired) electrons. The van der Waals surface area contributed by atoms with Gasteiger partial charge in [0.2, 0.25) is 0 Å². The predicted octanol–water partition coefficient (Wildman–Crippen LogP) is 11.6. The van der Waals surface area contributed by atoms with Crippen molar-refractivity contribution in [3.63, 3.8) is 0 Å². The van der Waals surface area contributed by atoms with Gasteiger partial charge < -0.3 is 14.6 Å². The number of furan rings is 1. The minimum absolute atomic E-state index is 0.00779. The molecule has 0 amide bonds. The summed E-state index contributed by atoms with van der Waals surface area (Å²) in [6, 6.07) is 64.7. The summed E-state index contributed by atoms with van der Waals surface area (Å²) < 4.78 is 6.99. The Bertz CT molecular complexity index is 2690. The monoisotopic (exact) mass is 723 g/mol. The van der Waals surface area contributed by atoms with Crippen LogP contribution in [0.15, 0.2) is 192 Å². The molecular weight excluding hydrogens is 683 g/mol. The zero-order chi connectivity index (χ0) is 37.3. The van der Waals surface area contributed by atoms with Gasteiger partial charge in [-0.05, 0) is 88.7 Å². The number of benzene rings is 7. The molecule has 0 spiro atoms. The highest BCUT2D eigenvalue weighted by Crippen LogP contribution is 2.42. The van der Waals surface area contributed by atoms with E-state index in [0.717, 1.165) is 68.3 Å². The summed E-state index contributed by atoms with van der Waals surface area (Å²) in [5.74, 6) is 0. The first-order chi connectivity index (χ1) is 27.8. The van der Waals surface area contributed by atoms with Gasteiger partial charge in [-0.1, -0.05) is 158 Å². The highest BCUT2D eigenvalue weighted by atomic mass is 16.3. The van der Waals surface area contributed by atoms with Crippen molar-refractivity contribution in [2.24, 2.45) is 0 Å². The van der Waals surface area contributed by atoms with E-state index >= 15 is 0 Å². The minimum Gasteiger partial charge on any atom is -0.454 e. The molecule has 2 unspecified atom stereocenters. The van der Waals surface area contributed by atoms with E-state index in [1.807, 2.05) is 0 Å². The highest BCUT2D eigenvalue weighted by molar-refractivity contribution is 5.98. The second-order valence-electron chi connectivity index (χ2n) is 14.5. The second kappa shape index (κ2) is 14.7. The van der Waals surface area contributed by atoms with Gasteiger partial charge in [0.05, 0.1) is 11.7 Å². The summed E-state index contributed by atoms with van der Waals surface area (Å²) in [7, 11) is 0. The van der Waals surface area contributed by atoms with Crippen molar-refractivity contribution in [3.8, 4) is 22.3 Å². The normalized spacial score (nSPS) is 16.2. The molecule has 8 aromatic rings. The predicted molar refractivity (Wildman–Crippen MR) is 232 cm³/mol. The van der Waals surface area contributed by atoms with E-state index in [1.54, 1.807) is 0 Å². The topological polar surface area (TPSA) is 40.4 Å². The molecule has 0 bridgehead atoms. The van der Waals surface area contributed by atoms with Crippen molar-refractivity contribution in [2.75, 3.05) is 4.90 Å². The third-order valence-electron chi connectivity index (χ3n) is 11.0. The number of fused-ring (bicyclic) bond motifs is 3. The van der Waals surface area contributed by atoms with Crippen molar-refractivity contribution in [1.82, 2.24) is 10.6 Å². The number of nitrogens with zero attached hydrogens (tertiary/aromatic N) is 1. The summed E-state index contributed by atoms with van der Waals surface area (Å²) in [4.78, 5) is 2.34. The van der Waals surface area contributed by atoms with Gasteiger partial charge >= 0.3 is 0 Å². The quantitative estimate of drug-likeness (QED) is 0.164. The number of hydrogen-bond donors (Lipinski definition) is 2. The molecule has 0 saturated heterocycles. The Hall–Kier alpha value is -6.88. The van der Waals surface area contributed by atoms with Crippen LogP contribution >= 0.6 is 0 Å². The number of anilines is 3. The fourth-order valence-electron chi connectivity index (χ4n) is 8.22. The summed E-state index contributed by atoms with van der Waals surface area (Å²) in [5, 5.41) is 10.2. The molecule has 1 aliphatic carbocycles. The van der Waals surface area contributed by atoms with Crippen molar-refractivity contribution in [2.45, 2.75) is 25.0 Å². The van der Waals surface area contributed by atoms with Gasteiger partial charge in [0.25, 0.3) is 0 Å². The van der Waals surface area contributed by atoms with E-state index < -0.39 is 0 Å². The number of nitrogens with one attached hydrogen (secondary N) is 2. The molecule has 56 heavy (non-hydrogen) atoms. The fourth-order valence-corrected chi connectivity index (χ4v) is 8.22. The Kier molecular flexibility index (Phi) is 8.87. The fraction of sp³-hybridized carbons (Fsp3) is 0.0769. The van der Waals surface area contributed by atoms with Crippen molar-refractivity contribution in [1.29, 1.82) is 0 Å². The number of rotatable bonds is 8. The van der Waals surface area contributed by atoms with Crippen LogP contribution in [0.3, 0.4) is 0 Å². The van der Waals surface area contributed by atoms with Crippen molar-refractivity contribution >= 4 is 45.9 Å². The molecule has 0 fully saturated rings. The molecule has 2 N–H and O–H groups in total. The van der Waals surface area contributed by atoms with Crippen LogP contribution in [-0.2, 0) is 0 Å². The SMILES string of the molecule is C1=C(c2ccccc2)NC(c2ccc(N(c3ccc(-c4ccccc4)cc3)c3ccc(-c4ccccc4)cc3)c3oc4c(c23)=CCCC=4)NC1c1ccccc1. The van der Waals surface area contributed by atoms with Crippen molar-refractivity contribution in [3.05, 3.63) is 215 Å². The van der Waals surface area contributed by atoms with Gasteiger partial charge in [0.1, 0.15) is 11.6 Å². The molecule has 2 aliphatic rings. The summed E-state index contributed by atoms with van der Waals surface area (Å²) in [6.07, 6.45) is 8.66. The Labute approximate surface area is 327 Å². The molecule has 1 aromatic heterocycles. The van der Waals surface area contributed by atoms with Crippen LogP contribution in [-0.4, -0.2) is 0 Å². The maximum absolute atomic E-state index is 6.99. The maximum atomic E-state index is 6.99. The number of hydrogen-bond acceptors (Lipinski definition) is 4. The first kappa shape index (κ1) is 33.7. The maximum Gasteiger partial charge on any atom is 0.159 e. The van der Waals surface area contributed by atoms with Gasteiger partial charge in [0.15, 0.2) is 5.58 Å². The van der Waals surface area contributed by atoms with Gasteiger partial charge in [-0.15, -0.1) is 0 Å². The molecular formula is C52H41N3O. The Balaban J connectivity index is 1.14. The largest absolute Gasteiger partial charge is 0.454 e. The summed E-state index contributed by atoms with van der Waals surface area (Å²) in [6.45, 7) is 0. The molecule has 270 valence electrons. The zero-order valence-corrected chi connectivity index (χ0v) is 31.0. The third kappa shape index (κ3) is 6.40. The van der Waals surface area contributed by atoms with Crippen LogP contribution in [0.1, 0.15) is 41.7 Å². The lowest BCUT2D eigenvalue weighted by Gasteiger charge is -2.34. The second-order valence-corrected chi connectivity index (χ2v) is 14.5. The molecule has 10 rings (SSSR count). The molecule has 0 saturated carbocycles. The van der Waals surface area contributed by atoms with Crippen molar-refractivity contribution < 1.29 is 4.42 Å². The molecule has 2 heterocycles. The van der Waals surface area contributed by atoms with Gasteiger partial charge in [0, 0.05) is 33.2 Å². The zero-order valence-electron chi connectivity index (χ0n) is 31.0. The molecule has 2 atom stereocenters. The lowest BCUT2D eigenvalue weighted by atomic mass is 9.96. The van der Waals surface area contributed by atoms with Crippen LogP contribution in [0.2, 0.25) is 0 Å². The Morgan fingerprint density at radius 3 is 1.61 bits per heavy atom. The Morgan fingerprint density at radius 1 is 0.500 bits per heavy atom. The summed E-state index contributed by atoms with van der Waals surface area (Å²) >= 11 is 0. The van der Waals surface area contributed by atoms with Crippen LogP contribution in [0.5, 0.6) is 0 Å². The molecule has 4 heteroatoms. The van der Waals surface area contributed by atoms with E-state index in [2.05, 4.69) is 216 Å². The van der Waals surface area contributed by atoms with E-state index in [4.69, 9.17) is 4.42 Å². The van der Waals surface area contributed by atoms with E-state index in [1.165, 1.54) is 27.8 Å². The van der Waals surface area contributed by atoms with Gasteiger partial charge in [-0.25, -0.2) is 0 Å². The van der Waals surface area contributed by atoms with Gasteiger partial charge in [-0.3, -0.25) is 5.32 Å². The first-order valence-electron chi connectivity index (χ1n) is 19.5. The standard InChI is InChI=1S/C52H41N3O/c1-5-15-36(16-6-1)38-25-29-42(30-26-38)55(43-31-27-39(28-32-43)37-17-7-2-8-18-37)48-34-33-45(50-44-23-13-14-24-49(44)56-51(48)50)52-53-46(40-19-9-3-10-20-40)35-47(54-52)41-21-11-4-12-22-41/h1-12,15-35,46,52-54H,13-14H2. The van der Waals surface area contributed by atoms with E-state index in [0.29, 0.717) is 0 Å². The first-order valence-corrected chi connectivity index (χ1v) is 19.5. The van der Waals surface area contributed by atoms with Crippen LogP contribution in [0, 0.1) is 0 Å². The average molecular weight is 724 g/mol. The lowest BCUT2D eigenvalue weighted by molar-refractivity contribution is 0.445. The molecule has 7 aromatic carbocycles. The van der Waals surface area contributed by atoms with Gasteiger partial charge in [-0.2, -0.15) is 0 Å². The van der Waals surface area contributed by atoms with E-state index in [-0.39, 0.29) is 12.2 Å². The molecule has 1 aliphatic heterocycles.